The van der Waals surface area contributed by atoms with Crippen molar-refractivity contribution in [3.63, 3.8) is 0 Å². The van der Waals surface area contributed by atoms with Gasteiger partial charge in [-0.25, -0.2) is 0 Å². The van der Waals surface area contributed by atoms with Crippen LogP contribution in [0.4, 0.5) is 0 Å². The molecular formula is C26H21N3O2SeTe. The molecule has 5 nitrogen and oxygen atoms in total. The zero-order chi connectivity index (χ0) is 23.2. The van der Waals surface area contributed by atoms with E-state index in [1.54, 1.807) is 14.1 Å². The Morgan fingerprint density at radius 2 is 1.58 bits per heavy atom. The summed E-state index contributed by atoms with van der Waals surface area (Å²) in [5, 5.41) is 2.55. The van der Waals surface area contributed by atoms with Gasteiger partial charge in [0.25, 0.3) is 0 Å². The molecule has 0 spiro atoms. The van der Waals surface area contributed by atoms with Crippen molar-refractivity contribution >= 4 is 80.4 Å². The van der Waals surface area contributed by atoms with Crippen molar-refractivity contribution in [2.24, 2.45) is 0 Å². The van der Waals surface area contributed by atoms with Crippen molar-refractivity contribution in [3.8, 4) is 3.70 Å². The van der Waals surface area contributed by atoms with Gasteiger partial charge >= 0.3 is 210 Å². The Morgan fingerprint density at radius 3 is 2.30 bits per heavy atom. The Morgan fingerprint density at radius 1 is 0.909 bits per heavy atom. The van der Waals surface area contributed by atoms with Crippen LogP contribution < -0.4 is 0 Å². The molecule has 2 aliphatic heterocycles. The van der Waals surface area contributed by atoms with Crippen LogP contribution in [-0.4, -0.2) is 80.9 Å². The zero-order valence-electron chi connectivity index (χ0n) is 18.7. The van der Waals surface area contributed by atoms with Gasteiger partial charge in [-0.3, -0.25) is 0 Å². The van der Waals surface area contributed by atoms with E-state index in [-0.39, 0.29) is 22.8 Å². The summed E-state index contributed by atoms with van der Waals surface area (Å²) in [6.45, 7) is 4.56. The van der Waals surface area contributed by atoms with Crippen LogP contribution in [0.15, 0.2) is 54.1 Å². The van der Waals surface area contributed by atoms with Gasteiger partial charge in [-0.15, -0.1) is 0 Å². The first-order chi connectivity index (χ1) is 15.7. The SMILES string of the molecule is CN1C(=O)C(=Cc2cc3c([te]2)-n2c4ccccc4c4cccc(c42)C3(C)C)C(=O)N(C)C1=[Se]. The number of aromatic nitrogens is 1. The van der Waals surface area contributed by atoms with E-state index in [0.717, 1.165) is 3.58 Å². The number of carbonyl (C=O) groups is 2. The molecule has 2 aliphatic rings. The van der Waals surface area contributed by atoms with Gasteiger partial charge in [0, 0.05) is 0 Å². The Hall–Kier alpha value is -2.42. The van der Waals surface area contributed by atoms with Crippen molar-refractivity contribution in [1.82, 2.24) is 14.4 Å². The number of carbonyl (C=O) groups excluding carboxylic acids is 2. The van der Waals surface area contributed by atoms with E-state index in [0.29, 0.717) is 4.67 Å². The second-order valence-corrected chi connectivity index (χ2v) is 12.9. The van der Waals surface area contributed by atoms with Crippen LogP contribution in [0, 0.1) is 0 Å². The van der Waals surface area contributed by atoms with Gasteiger partial charge in [-0.2, -0.15) is 0 Å². The van der Waals surface area contributed by atoms with E-state index in [9.17, 15) is 9.59 Å². The van der Waals surface area contributed by atoms with Crippen molar-refractivity contribution in [2.75, 3.05) is 14.1 Å². The summed E-state index contributed by atoms with van der Waals surface area (Å²) < 4.78 is 5.43. The normalized spacial score (nSPS) is 17.3. The van der Waals surface area contributed by atoms with Crippen molar-refractivity contribution in [2.45, 2.75) is 19.3 Å². The minimum absolute atomic E-state index is 0.155. The third-order valence-electron chi connectivity index (χ3n) is 6.91. The average Bonchev–Trinajstić information content (AvgIpc) is 3.38. The molecule has 2 aromatic carbocycles. The quantitative estimate of drug-likeness (QED) is 0.188. The molecule has 1 fully saturated rings. The van der Waals surface area contributed by atoms with Gasteiger partial charge in [0.2, 0.25) is 0 Å². The summed E-state index contributed by atoms with van der Waals surface area (Å²) in [6, 6.07) is 17.4. The van der Waals surface area contributed by atoms with E-state index in [1.165, 1.54) is 46.4 Å². The third kappa shape index (κ3) is 2.74. The average molecular weight is 614 g/mol. The molecule has 2 amide bonds. The Labute approximate surface area is 209 Å². The molecule has 0 radical (unpaired) electrons. The number of hydrogen-bond donors (Lipinski definition) is 0. The van der Waals surface area contributed by atoms with Crippen LogP contribution in [0.2, 0.25) is 0 Å². The van der Waals surface area contributed by atoms with Crippen LogP contribution >= 0.6 is 0 Å². The van der Waals surface area contributed by atoms with Crippen LogP contribution in [0.3, 0.4) is 0 Å². The molecule has 0 unspecified atom stereocenters. The maximum atomic E-state index is 12.9. The summed E-state index contributed by atoms with van der Waals surface area (Å²) >= 11 is 2.01. The van der Waals surface area contributed by atoms with E-state index in [4.69, 9.17) is 0 Å². The van der Waals surface area contributed by atoms with Gasteiger partial charge < -0.3 is 0 Å². The molecule has 164 valence electrons. The molecule has 0 atom stereocenters. The van der Waals surface area contributed by atoms with Crippen molar-refractivity contribution in [1.29, 1.82) is 0 Å². The summed E-state index contributed by atoms with van der Waals surface area (Å²) in [5.41, 5.74) is 5.20. The van der Waals surface area contributed by atoms with Crippen LogP contribution in [0.25, 0.3) is 31.6 Å². The van der Waals surface area contributed by atoms with Gasteiger partial charge in [0.1, 0.15) is 0 Å². The van der Waals surface area contributed by atoms with E-state index in [2.05, 4.69) is 82.5 Å². The molecule has 6 rings (SSSR count). The number of amides is 2. The second-order valence-electron chi connectivity index (χ2n) is 9.12. The van der Waals surface area contributed by atoms with Gasteiger partial charge in [-0.05, 0) is 0 Å². The van der Waals surface area contributed by atoms with Gasteiger partial charge in [0.15, 0.2) is 0 Å². The van der Waals surface area contributed by atoms with Crippen molar-refractivity contribution in [3.05, 3.63) is 68.8 Å². The second kappa shape index (κ2) is 7.04. The summed E-state index contributed by atoms with van der Waals surface area (Å²) in [4.78, 5) is 28.8. The molecule has 2 aromatic heterocycles. The number of benzene rings is 2. The molecule has 0 N–H and O–H groups in total. The fourth-order valence-corrected chi connectivity index (χ4v) is 9.09. The molecular weight excluding hydrogens is 593 g/mol. The molecule has 7 heteroatoms. The van der Waals surface area contributed by atoms with Crippen LogP contribution in [0.1, 0.15) is 28.6 Å². The number of fused-ring (bicyclic) bond motifs is 5. The van der Waals surface area contributed by atoms with E-state index in [1.807, 2.05) is 6.08 Å². The van der Waals surface area contributed by atoms with Crippen LogP contribution in [-0.2, 0) is 15.0 Å². The Balaban J connectivity index is 1.62. The van der Waals surface area contributed by atoms with E-state index >= 15 is 0 Å². The molecule has 4 heterocycles. The predicted molar refractivity (Wildman–Crippen MR) is 134 cm³/mol. The third-order valence-corrected chi connectivity index (χ3v) is 11.1. The number of hydrogen-bond acceptors (Lipinski definition) is 2. The summed E-state index contributed by atoms with van der Waals surface area (Å²) in [5.74, 6) is -0.525. The summed E-state index contributed by atoms with van der Waals surface area (Å²) in [7, 11) is 3.38. The number of para-hydroxylation sites is 2. The van der Waals surface area contributed by atoms with Crippen LogP contribution in [0.5, 0.6) is 0 Å². The predicted octanol–water partition coefficient (Wildman–Crippen LogP) is 3.05. The standard InChI is InChI=1S/C26H21N3O2SeTe/c1-26(2)18-10-7-9-16-15-8-5-6-11-20(15)29(21(16)18)24-19(26)13-14(33-24)12-17-22(30)27(3)25(32)28(4)23(17)31/h5-13H,1-4H3. The van der Waals surface area contributed by atoms with Gasteiger partial charge in [0.05, 0.1) is 0 Å². The fraction of sp³-hybridized carbons (Fsp3) is 0.192. The van der Waals surface area contributed by atoms with Crippen molar-refractivity contribution < 1.29 is 9.59 Å². The maximum absolute atomic E-state index is 12.9. The van der Waals surface area contributed by atoms with Gasteiger partial charge in [-0.1, -0.05) is 0 Å². The number of nitrogens with zero attached hydrogens (tertiary/aromatic N) is 3. The molecule has 0 aliphatic carbocycles. The topological polar surface area (TPSA) is 45.6 Å². The molecule has 0 saturated carbocycles. The molecule has 33 heavy (non-hydrogen) atoms. The fourth-order valence-electron chi connectivity index (χ4n) is 5.08. The monoisotopic (exact) mass is 617 g/mol. The first kappa shape index (κ1) is 21.1. The Bertz CT molecular complexity index is 1560. The minimum atomic E-state index is -0.810. The summed E-state index contributed by atoms with van der Waals surface area (Å²) in [6.07, 6.45) is 1.84. The molecule has 1 saturated heterocycles. The number of rotatable bonds is 1. The Kier molecular flexibility index (Phi) is 4.51. The first-order valence-corrected chi connectivity index (χ1v) is 13.9. The van der Waals surface area contributed by atoms with E-state index < -0.39 is 20.4 Å². The number of likely N-dealkylation sites (N-methyl/N-ethyl adjacent to an activating group) is 2. The zero-order valence-corrected chi connectivity index (χ0v) is 22.7. The molecule has 4 aromatic rings. The molecule has 0 bridgehead atoms. The first-order valence-electron chi connectivity index (χ1n) is 10.7.